The van der Waals surface area contributed by atoms with E-state index in [-0.39, 0.29) is 16.0 Å². The standard InChI is InChI=1S/C16H13BrN2O4S2/c1-2-19-15(20)14(10-12-4-3-9-23-12)24-16(19)18-25(21,22)13-7-5-11(17)6-8-13/h3-10H,2H2,1H3/b14-10-,18-16+. The largest absolute Gasteiger partial charge is 0.465 e. The van der Waals surface area contributed by atoms with E-state index in [2.05, 4.69) is 20.3 Å². The second-order valence-electron chi connectivity index (χ2n) is 4.98. The maximum Gasteiger partial charge on any atom is 0.284 e. The van der Waals surface area contributed by atoms with Gasteiger partial charge in [0.1, 0.15) is 5.76 Å². The summed E-state index contributed by atoms with van der Waals surface area (Å²) in [4.78, 5) is 14.2. The monoisotopic (exact) mass is 440 g/mol. The van der Waals surface area contributed by atoms with Crippen LogP contribution in [-0.4, -0.2) is 30.9 Å². The molecule has 0 bridgehead atoms. The molecule has 6 nitrogen and oxygen atoms in total. The normalized spacial score (nSPS) is 18.5. The van der Waals surface area contributed by atoms with Gasteiger partial charge in [-0.2, -0.15) is 8.42 Å². The lowest BCUT2D eigenvalue weighted by molar-refractivity contribution is -0.122. The van der Waals surface area contributed by atoms with E-state index in [1.807, 2.05) is 0 Å². The van der Waals surface area contributed by atoms with Crippen molar-refractivity contribution in [3.05, 3.63) is 57.8 Å². The Labute approximate surface area is 157 Å². The van der Waals surface area contributed by atoms with Gasteiger partial charge in [-0.15, -0.1) is 4.40 Å². The molecule has 2 heterocycles. The number of benzene rings is 1. The molecule has 1 aromatic carbocycles. The van der Waals surface area contributed by atoms with Gasteiger partial charge in [0.25, 0.3) is 15.9 Å². The van der Waals surface area contributed by atoms with Gasteiger partial charge in [-0.3, -0.25) is 9.69 Å². The molecule has 0 aliphatic carbocycles. The Bertz CT molecular complexity index is 949. The average molecular weight is 441 g/mol. The fourth-order valence-electron chi connectivity index (χ4n) is 2.12. The SMILES string of the molecule is CCN1C(=O)/C(=C/c2ccco2)S/C1=N/S(=O)(=O)c1ccc(Br)cc1. The van der Waals surface area contributed by atoms with Gasteiger partial charge in [0.05, 0.1) is 16.1 Å². The number of rotatable bonds is 4. The van der Waals surface area contributed by atoms with Gasteiger partial charge in [-0.05, 0) is 55.1 Å². The summed E-state index contributed by atoms with van der Waals surface area (Å²) in [5, 5.41) is 0.133. The van der Waals surface area contributed by atoms with Crippen molar-refractivity contribution < 1.29 is 17.6 Å². The predicted octanol–water partition coefficient (Wildman–Crippen LogP) is 3.72. The Kier molecular flexibility index (Phi) is 5.16. The van der Waals surface area contributed by atoms with Crippen molar-refractivity contribution in [1.29, 1.82) is 0 Å². The first-order valence-corrected chi connectivity index (χ1v) is 10.3. The molecule has 0 atom stereocenters. The van der Waals surface area contributed by atoms with Crippen molar-refractivity contribution in [3.8, 4) is 0 Å². The fraction of sp³-hybridized carbons (Fsp3) is 0.125. The van der Waals surface area contributed by atoms with Crippen molar-refractivity contribution in [1.82, 2.24) is 4.90 Å². The highest BCUT2D eigenvalue weighted by Crippen LogP contribution is 2.33. The van der Waals surface area contributed by atoms with Crippen LogP contribution in [0.1, 0.15) is 12.7 Å². The van der Waals surface area contributed by atoms with Crippen LogP contribution in [0.4, 0.5) is 0 Å². The predicted molar refractivity (Wildman–Crippen MR) is 100 cm³/mol. The Hall–Kier alpha value is -1.84. The quantitative estimate of drug-likeness (QED) is 0.676. The molecule has 0 unspecified atom stereocenters. The second kappa shape index (κ2) is 7.19. The number of amides is 1. The van der Waals surface area contributed by atoms with Gasteiger partial charge < -0.3 is 4.42 Å². The molecule has 1 saturated heterocycles. The molecular weight excluding hydrogens is 428 g/mol. The molecule has 0 spiro atoms. The zero-order chi connectivity index (χ0) is 18.0. The highest BCUT2D eigenvalue weighted by atomic mass is 79.9. The lowest BCUT2D eigenvalue weighted by Crippen LogP contribution is -2.29. The number of carbonyl (C=O) groups is 1. The summed E-state index contributed by atoms with van der Waals surface area (Å²) in [7, 11) is -3.91. The summed E-state index contributed by atoms with van der Waals surface area (Å²) in [6.07, 6.45) is 3.07. The number of sulfonamides is 1. The zero-order valence-corrected chi connectivity index (χ0v) is 16.3. The number of furan rings is 1. The molecule has 2 aromatic rings. The molecule has 25 heavy (non-hydrogen) atoms. The van der Waals surface area contributed by atoms with E-state index in [0.29, 0.717) is 17.2 Å². The molecule has 1 amide bonds. The number of thioether (sulfide) groups is 1. The van der Waals surface area contributed by atoms with Crippen molar-refractivity contribution in [2.75, 3.05) is 6.54 Å². The van der Waals surface area contributed by atoms with E-state index < -0.39 is 10.0 Å². The second-order valence-corrected chi connectivity index (χ2v) is 8.51. The number of hydrogen-bond acceptors (Lipinski definition) is 5. The zero-order valence-electron chi connectivity index (χ0n) is 13.0. The first-order chi connectivity index (χ1) is 11.9. The third kappa shape index (κ3) is 3.88. The lowest BCUT2D eigenvalue weighted by Gasteiger charge is -2.11. The smallest absolute Gasteiger partial charge is 0.284 e. The summed E-state index contributed by atoms with van der Waals surface area (Å²) in [6.45, 7) is 2.08. The maximum absolute atomic E-state index is 12.5. The Morgan fingerprint density at radius 3 is 2.60 bits per heavy atom. The van der Waals surface area contributed by atoms with E-state index in [1.54, 1.807) is 37.3 Å². The molecule has 9 heteroatoms. The molecular formula is C16H13BrN2O4S2. The molecule has 1 aliphatic heterocycles. The highest BCUT2D eigenvalue weighted by Gasteiger charge is 2.34. The molecule has 0 saturated carbocycles. The minimum Gasteiger partial charge on any atom is -0.465 e. The van der Waals surface area contributed by atoms with Crippen molar-refractivity contribution >= 4 is 54.9 Å². The molecule has 0 radical (unpaired) electrons. The number of carbonyl (C=O) groups excluding carboxylic acids is 1. The summed E-state index contributed by atoms with van der Waals surface area (Å²) < 4.78 is 34.8. The van der Waals surface area contributed by atoms with Crippen LogP contribution in [0, 0.1) is 0 Å². The van der Waals surface area contributed by atoms with Crippen molar-refractivity contribution in [2.45, 2.75) is 11.8 Å². The van der Waals surface area contributed by atoms with Crippen LogP contribution in [0.2, 0.25) is 0 Å². The van der Waals surface area contributed by atoms with Gasteiger partial charge in [-0.1, -0.05) is 15.9 Å². The highest BCUT2D eigenvalue weighted by molar-refractivity contribution is 9.10. The van der Waals surface area contributed by atoms with Gasteiger partial charge >= 0.3 is 0 Å². The molecule has 3 rings (SSSR count). The third-order valence-electron chi connectivity index (χ3n) is 3.33. The van der Waals surface area contributed by atoms with E-state index >= 15 is 0 Å². The minimum atomic E-state index is -3.91. The van der Waals surface area contributed by atoms with Gasteiger partial charge in [0.15, 0.2) is 5.17 Å². The van der Waals surface area contributed by atoms with Gasteiger partial charge in [0.2, 0.25) is 0 Å². The molecule has 1 aromatic heterocycles. The minimum absolute atomic E-state index is 0.0655. The number of nitrogens with zero attached hydrogens (tertiary/aromatic N) is 2. The summed E-state index contributed by atoms with van der Waals surface area (Å²) in [6, 6.07) is 9.59. The van der Waals surface area contributed by atoms with Crippen LogP contribution in [0.5, 0.6) is 0 Å². The maximum atomic E-state index is 12.5. The number of hydrogen-bond donors (Lipinski definition) is 0. The lowest BCUT2D eigenvalue weighted by atomic mass is 10.3. The molecule has 130 valence electrons. The first-order valence-electron chi connectivity index (χ1n) is 7.26. The third-order valence-corrected chi connectivity index (χ3v) is 6.26. The summed E-state index contributed by atoms with van der Waals surface area (Å²) in [5.41, 5.74) is 0. The van der Waals surface area contributed by atoms with Crippen LogP contribution in [0.3, 0.4) is 0 Å². The van der Waals surface area contributed by atoms with Gasteiger partial charge in [-0.25, -0.2) is 0 Å². The number of halogens is 1. The first kappa shape index (κ1) is 18.0. The Balaban J connectivity index is 1.96. The number of amidine groups is 1. The van der Waals surface area contributed by atoms with E-state index in [9.17, 15) is 13.2 Å². The van der Waals surface area contributed by atoms with Crippen molar-refractivity contribution in [2.24, 2.45) is 4.40 Å². The summed E-state index contributed by atoms with van der Waals surface area (Å²) >= 11 is 4.27. The van der Waals surface area contributed by atoms with E-state index in [1.165, 1.54) is 23.3 Å². The fourth-order valence-corrected chi connectivity index (χ4v) is 4.61. The van der Waals surface area contributed by atoms with Gasteiger partial charge in [0, 0.05) is 17.1 Å². The Morgan fingerprint density at radius 1 is 1.28 bits per heavy atom. The molecule has 0 N–H and O–H groups in total. The van der Waals surface area contributed by atoms with Crippen LogP contribution in [-0.2, 0) is 14.8 Å². The van der Waals surface area contributed by atoms with Crippen LogP contribution in [0.25, 0.3) is 6.08 Å². The molecule has 1 aliphatic rings. The Morgan fingerprint density at radius 2 is 2.00 bits per heavy atom. The van der Waals surface area contributed by atoms with Crippen LogP contribution >= 0.6 is 27.7 Å². The summed E-state index contributed by atoms with van der Waals surface area (Å²) in [5.74, 6) is 0.220. The average Bonchev–Trinajstić information content (AvgIpc) is 3.17. The molecule has 1 fully saturated rings. The number of likely N-dealkylation sites (N-methyl/N-ethyl adjacent to an activating group) is 1. The van der Waals surface area contributed by atoms with Crippen LogP contribution in [0.15, 0.2) is 65.7 Å². The topological polar surface area (TPSA) is 80.0 Å². The van der Waals surface area contributed by atoms with E-state index in [4.69, 9.17) is 4.42 Å². The van der Waals surface area contributed by atoms with E-state index in [0.717, 1.165) is 16.2 Å². The van der Waals surface area contributed by atoms with Crippen molar-refractivity contribution in [3.63, 3.8) is 0 Å². The van der Waals surface area contributed by atoms with Crippen LogP contribution < -0.4 is 0 Å².